The molecule has 0 amide bonds. The molecule has 0 N–H and O–H groups in total. The van der Waals surface area contributed by atoms with Gasteiger partial charge in [-0.25, -0.2) is 0 Å². The molecule has 1 aliphatic carbocycles. The summed E-state index contributed by atoms with van der Waals surface area (Å²) in [5.74, 6) is 0.0648. The van der Waals surface area contributed by atoms with E-state index in [9.17, 15) is 4.79 Å². The fourth-order valence-corrected chi connectivity index (χ4v) is 2.46. The van der Waals surface area contributed by atoms with Crippen molar-refractivity contribution in [1.29, 1.82) is 0 Å². The van der Waals surface area contributed by atoms with Crippen LogP contribution in [0.1, 0.15) is 49.9 Å². The molecule has 0 atom stereocenters. The number of nitrogens with zero attached hydrogens (tertiary/aromatic N) is 1. The maximum atomic E-state index is 11.3. The number of carbonyl (C=O) groups excluding carboxylic acids is 1. The molecule has 1 aromatic rings. The van der Waals surface area contributed by atoms with E-state index in [2.05, 4.69) is 11.8 Å². The average molecular weight is 266 g/mol. The molecule has 0 unspecified atom stereocenters. The van der Waals surface area contributed by atoms with Gasteiger partial charge in [-0.05, 0) is 44.4 Å². The number of hydrogen-bond donors (Lipinski definition) is 0. The second kappa shape index (κ2) is 5.75. The zero-order valence-electron chi connectivity index (χ0n) is 11.1. The van der Waals surface area contributed by atoms with Gasteiger partial charge in [-0.15, -0.1) is 0 Å². The SMILES string of the molecule is CCCCN(c1ccc(C(C)=O)cc1Cl)C1CC1. The van der Waals surface area contributed by atoms with E-state index < -0.39 is 0 Å². The molecule has 0 saturated heterocycles. The number of halogens is 1. The average Bonchev–Trinajstić information content (AvgIpc) is 3.15. The lowest BCUT2D eigenvalue weighted by Crippen LogP contribution is -2.27. The van der Waals surface area contributed by atoms with E-state index in [1.807, 2.05) is 12.1 Å². The predicted molar refractivity (Wildman–Crippen MR) is 76.7 cm³/mol. The molecule has 2 rings (SSSR count). The maximum Gasteiger partial charge on any atom is 0.159 e. The van der Waals surface area contributed by atoms with Gasteiger partial charge in [0.2, 0.25) is 0 Å². The van der Waals surface area contributed by atoms with Gasteiger partial charge in [-0.3, -0.25) is 4.79 Å². The summed E-state index contributed by atoms with van der Waals surface area (Å²) in [6, 6.07) is 6.32. The van der Waals surface area contributed by atoms with E-state index in [1.54, 1.807) is 13.0 Å². The minimum absolute atomic E-state index is 0.0648. The highest BCUT2D eigenvalue weighted by Crippen LogP contribution is 2.36. The minimum Gasteiger partial charge on any atom is -0.367 e. The Morgan fingerprint density at radius 3 is 2.67 bits per heavy atom. The topological polar surface area (TPSA) is 20.3 Å². The standard InChI is InChI=1S/C15H20ClNO/c1-3-4-9-17(13-6-7-13)15-8-5-12(11(2)18)10-14(15)16/h5,8,10,13H,3-4,6-7,9H2,1-2H3. The number of rotatable bonds is 6. The van der Waals surface area contributed by atoms with Crippen LogP contribution in [0, 0.1) is 0 Å². The molecule has 18 heavy (non-hydrogen) atoms. The Morgan fingerprint density at radius 2 is 2.17 bits per heavy atom. The molecular weight excluding hydrogens is 246 g/mol. The van der Waals surface area contributed by atoms with Crippen molar-refractivity contribution in [2.45, 2.75) is 45.6 Å². The van der Waals surface area contributed by atoms with Crippen molar-refractivity contribution in [2.75, 3.05) is 11.4 Å². The van der Waals surface area contributed by atoms with Crippen LogP contribution in [0.25, 0.3) is 0 Å². The number of anilines is 1. The summed E-state index contributed by atoms with van der Waals surface area (Å²) in [5.41, 5.74) is 1.77. The smallest absolute Gasteiger partial charge is 0.159 e. The van der Waals surface area contributed by atoms with E-state index in [0.29, 0.717) is 16.6 Å². The minimum atomic E-state index is 0.0648. The van der Waals surface area contributed by atoms with Crippen LogP contribution in [0.5, 0.6) is 0 Å². The predicted octanol–water partition coefficient (Wildman–Crippen LogP) is 4.31. The third kappa shape index (κ3) is 3.05. The molecule has 0 bridgehead atoms. The van der Waals surface area contributed by atoms with Crippen LogP contribution in [0.4, 0.5) is 5.69 Å². The van der Waals surface area contributed by atoms with Crippen LogP contribution >= 0.6 is 11.6 Å². The van der Waals surface area contributed by atoms with Crippen molar-refractivity contribution in [3.8, 4) is 0 Å². The van der Waals surface area contributed by atoms with Gasteiger partial charge in [0.15, 0.2) is 5.78 Å². The van der Waals surface area contributed by atoms with Gasteiger partial charge in [0.05, 0.1) is 10.7 Å². The molecule has 1 saturated carbocycles. The van der Waals surface area contributed by atoms with E-state index in [4.69, 9.17) is 11.6 Å². The molecule has 2 nitrogen and oxygen atoms in total. The third-order valence-corrected chi connectivity index (χ3v) is 3.71. The largest absolute Gasteiger partial charge is 0.367 e. The second-order valence-corrected chi connectivity index (χ2v) is 5.41. The number of ketones is 1. The van der Waals surface area contributed by atoms with Crippen molar-refractivity contribution >= 4 is 23.1 Å². The fraction of sp³-hybridized carbons (Fsp3) is 0.533. The summed E-state index contributed by atoms with van der Waals surface area (Å²) in [7, 11) is 0. The Hall–Kier alpha value is -1.02. The quantitative estimate of drug-likeness (QED) is 0.715. The lowest BCUT2D eigenvalue weighted by atomic mass is 10.1. The molecule has 0 radical (unpaired) electrons. The Balaban J connectivity index is 2.21. The summed E-state index contributed by atoms with van der Waals surface area (Å²) in [5, 5.41) is 0.700. The highest BCUT2D eigenvalue weighted by Gasteiger charge is 2.29. The summed E-state index contributed by atoms with van der Waals surface area (Å²) in [6.07, 6.45) is 4.89. The van der Waals surface area contributed by atoms with Gasteiger partial charge < -0.3 is 4.90 Å². The Kier molecular flexibility index (Phi) is 4.28. The summed E-state index contributed by atoms with van der Waals surface area (Å²) in [4.78, 5) is 13.7. The van der Waals surface area contributed by atoms with Gasteiger partial charge in [0.25, 0.3) is 0 Å². The number of carbonyl (C=O) groups is 1. The highest BCUT2D eigenvalue weighted by molar-refractivity contribution is 6.33. The van der Waals surface area contributed by atoms with E-state index in [-0.39, 0.29) is 5.78 Å². The van der Waals surface area contributed by atoms with E-state index in [1.165, 1.54) is 25.7 Å². The lowest BCUT2D eigenvalue weighted by molar-refractivity contribution is 0.101. The molecule has 1 aromatic carbocycles. The Bertz CT molecular complexity index is 440. The van der Waals surface area contributed by atoms with Crippen LogP contribution in [-0.4, -0.2) is 18.4 Å². The van der Waals surface area contributed by atoms with Gasteiger partial charge in [-0.1, -0.05) is 24.9 Å². The van der Waals surface area contributed by atoms with Crippen molar-refractivity contribution in [1.82, 2.24) is 0 Å². The first-order chi connectivity index (χ1) is 8.63. The van der Waals surface area contributed by atoms with Crippen LogP contribution < -0.4 is 4.90 Å². The summed E-state index contributed by atoms with van der Waals surface area (Å²) in [6.45, 7) is 4.83. The van der Waals surface area contributed by atoms with Crippen molar-refractivity contribution in [3.05, 3.63) is 28.8 Å². The highest BCUT2D eigenvalue weighted by atomic mass is 35.5. The van der Waals surface area contributed by atoms with E-state index >= 15 is 0 Å². The van der Waals surface area contributed by atoms with Crippen molar-refractivity contribution < 1.29 is 4.79 Å². The molecule has 0 heterocycles. The molecule has 1 aliphatic rings. The number of Topliss-reactive ketones (excluding diaryl/α,β-unsaturated/α-hetero) is 1. The first-order valence-corrected chi connectivity index (χ1v) is 7.08. The van der Waals surface area contributed by atoms with Crippen molar-refractivity contribution in [3.63, 3.8) is 0 Å². The zero-order valence-corrected chi connectivity index (χ0v) is 11.8. The van der Waals surface area contributed by atoms with Crippen LogP contribution in [0.2, 0.25) is 5.02 Å². The van der Waals surface area contributed by atoms with Gasteiger partial charge >= 0.3 is 0 Å². The number of benzene rings is 1. The normalized spacial score (nSPS) is 14.6. The summed E-state index contributed by atoms with van der Waals surface area (Å²) < 4.78 is 0. The number of unbranched alkanes of at least 4 members (excludes halogenated alkanes) is 1. The maximum absolute atomic E-state index is 11.3. The molecule has 98 valence electrons. The lowest BCUT2D eigenvalue weighted by Gasteiger charge is -2.25. The summed E-state index contributed by atoms with van der Waals surface area (Å²) >= 11 is 6.33. The molecular formula is C15H20ClNO. The number of hydrogen-bond acceptors (Lipinski definition) is 2. The van der Waals surface area contributed by atoms with Crippen LogP contribution in [0.15, 0.2) is 18.2 Å². The molecule has 1 fully saturated rings. The molecule has 0 spiro atoms. The van der Waals surface area contributed by atoms with Gasteiger partial charge in [0, 0.05) is 18.2 Å². The first-order valence-electron chi connectivity index (χ1n) is 6.70. The molecule has 0 aromatic heterocycles. The van der Waals surface area contributed by atoms with E-state index in [0.717, 1.165) is 12.2 Å². The van der Waals surface area contributed by atoms with Crippen LogP contribution in [0.3, 0.4) is 0 Å². The zero-order chi connectivity index (χ0) is 13.1. The fourth-order valence-electron chi connectivity index (χ4n) is 2.17. The third-order valence-electron chi connectivity index (χ3n) is 3.40. The van der Waals surface area contributed by atoms with Gasteiger partial charge in [0.1, 0.15) is 0 Å². The molecule has 3 heteroatoms. The van der Waals surface area contributed by atoms with Crippen LogP contribution in [-0.2, 0) is 0 Å². The Morgan fingerprint density at radius 1 is 1.44 bits per heavy atom. The van der Waals surface area contributed by atoms with Gasteiger partial charge in [-0.2, -0.15) is 0 Å². The van der Waals surface area contributed by atoms with Crippen molar-refractivity contribution in [2.24, 2.45) is 0 Å². The monoisotopic (exact) mass is 265 g/mol. The first kappa shape index (κ1) is 13.4. The molecule has 0 aliphatic heterocycles. The second-order valence-electron chi connectivity index (χ2n) is 5.00. The Labute approximate surface area is 114 Å².